The number of hydrogen-bond acceptors (Lipinski definition) is 0. The fourth-order valence-corrected chi connectivity index (χ4v) is 10.5. The minimum atomic E-state index is 0.824. The van der Waals surface area contributed by atoms with Crippen molar-refractivity contribution < 1.29 is 0 Å². The van der Waals surface area contributed by atoms with Crippen molar-refractivity contribution >= 4 is 0 Å². The second-order valence-corrected chi connectivity index (χ2v) is 11.7. The molecule has 0 heteroatoms. The average Bonchev–Trinajstić information content (AvgIpc) is 2.51. The van der Waals surface area contributed by atoms with Crippen molar-refractivity contribution in [3.8, 4) is 0 Å². The molecule has 134 valence electrons. The second kappa shape index (κ2) is 5.26. The molecule has 0 aromatic carbocycles. The van der Waals surface area contributed by atoms with Crippen LogP contribution in [0.5, 0.6) is 0 Å². The highest BCUT2D eigenvalue weighted by Crippen LogP contribution is 2.68. The molecule has 0 heterocycles. The molecule has 1 atom stereocenters. The predicted molar refractivity (Wildman–Crippen MR) is 99.5 cm³/mol. The van der Waals surface area contributed by atoms with E-state index in [2.05, 4.69) is 6.92 Å². The monoisotopic (exact) mass is 326 g/mol. The van der Waals surface area contributed by atoms with E-state index in [-0.39, 0.29) is 0 Å². The maximum atomic E-state index is 2.49. The summed E-state index contributed by atoms with van der Waals surface area (Å²) in [6.45, 7) is 2.49. The molecule has 1 unspecified atom stereocenters. The maximum absolute atomic E-state index is 2.49. The van der Waals surface area contributed by atoms with Crippen molar-refractivity contribution in [1.29, 1.82) is 0 Å². The lowest BCUT2D eigenvalue weighted by molar-refractivity contribution is -0.150. The molecule has 8 rings (SSSR count). The molecule has 0 aliphatic heterocycles. The van der Waals surface area contributed by atoms with Crippen LogP contribution in [-0.2, 0) is 0 Å². The fourth-order valence-electron chi connectivity index (χ4n) is 10.5. The van der Waals surface area contributed by atoms with Crippen molar-refractivity contribution in [1.82, 2.24) is 0 Å². The van der Waals surface area contributed by atoms with Crippen molar-refractivity contribution in [2.24, 2.45) is 58.7 Å². The molecule has 0 saturated heterocycles. The number of hydrogen-bond donors (Lipinski definition) is 0. The van der Waals surface area contributed by atoms with Crippen molar-refractivity contribution in [3.63, 3.8) is 0 Å². The summed E-state index contributed by atoms with van der Waals surface area (Å²) in [6, 6.07) is 0. The molecule has 0 spiro atoms. The largest absolute Gasteiger partial charge is 0.0654 e. The highest BCUT2D eigenvalue weighted by atomic mass is 14.6. The van der Waals surface area contributed by atoms with E-state index in [1.807, 2.05) is 0 Å². The Labute approximate surface area is 149 Å². The van der Waals surface area contributed by atoms with Gasteiger partial charge in [0.05, 0.1) is 0 Å². The van der Waals surface area contributed by atoms with Gasteiger partial charge < -0.3 is 0 Å². The Morgan fingerprint density at radius 1 is 0.667 bits per heavy atom. The Hall–Kier alpha value is 0. The lowest BCUT2D eigenvalue weighted by Gasteiger charge is -2.65. The summed E-state index contributed by atoms with van der Waals surface area (Å²) < 4.78 is 0. The van der Waals surface area contributed by atoms with E-state index in [0.717, 1.165) is 58.7 Å². The van der Waals surface area contributed by atoms with Gasteiger partial charge in [-0.25, -0.2) is 0 Å². The Morgan fingerprint density at radius 2 is 1.12 bits per heavy atom. The summed E-state index contributed by atoms with van der Waals surface area (Å²) in [6.07, 6.45) is 21.1. The summed E-state index contributed by atoms with van der Waals surface area (Å²) in [5, 5.41) is 0. The molecular weight excluding hydrogens is 288 g/mol. The zero-order valence-electron chi connectivity index (χ0n) is 15.9. The Balaban J connectivity index is 1.34. The minimum absolute atomic E-state index is 0.824. The summed E-state index contributed by atoms with van der Waals surface area (Å²) in [7, 11) is 0. The van der Waals surface area contributed by atoms with Crippen LogP contribution in [-0.4, -0.2) is 0 Å². The van der Waals surface area contributed by atoms with E-state index in [0.29, 0.717) is 0 Å². The summed E-state index contributed by atoms with van der Waals surface area (Å²) in [5.41, 5.74) is 0.824. The van der Waals surface area contributed by atoms with E-state index in [1.54, 1.807) is 77.0 Å². The van der Waals surface area contributed by atoms with Crippen LogP contribution < -0.4 is 0 Å². The SMILES string of the molecule is CCCC(C1C2CC3CC(C2)CC1C3)C12CC3CC(CC(C3)C1)C2. The van der Waals surface area contributed by atoms with Gasteiger partial charge in [-0.05, 0) is 136 Å². The van der Waals surface area contributed by atoms with Gasteiger partial charge in [0, 0.05) is 0 Å². The normalized spacial score (nSPS) is 58.4. The third-order valence-electron chi connectivity index (χ3n) is 10.2. The highest BCUT2D eigenvalue weighted by Gasteiger charge is 2.59. The van der Waals surface area contributed by atoms with E-state index < -0.39 is 0 Å². The van der Waals surface area contributed by atoms with Crippen LogP contribution in [0.4, 0.5) is 0 Å². The average molecular weight is 327 g/mol. The van der Waals surface area contributed by atoms with Crippen LogP contribution in [0.1, 0.15) is 90.4 Å². The van der Waals surface area contributed by atoms with Crippen molar-refractivity contribution in [2.75, 3.05) is 0 Å². The molecule has 0 radical (unpaired) electrons. The predicted octanol–water partition coefficient (Wildman–Crippen LogP) is 6.69. The summed E-state index contributed by atoms with van der Waals surface area (Å²) in [4.78, 5) is 0. The molecule has 8 aliphatic rings. The van der Waals surface area contributed by atoms with Gasteiger partial charge in [-0.3, -0.25) is 0 Å². The van der Waals surface area contributed by atoms with Crippen LogP contribution in [0.3, 0.4) is 0 Å². The third-order valence-corrected chi connectivity index (χ3v) is 10.2. The molecule has 0 nitrogen and oxygen atoms in total. The molecular formula is C24H38. The Morgan fingerprint density at radius 3 is 1.58 bits per heavy atom. The standard InChI is InChI=1S/C24H38/c1-2-3-22(23-20-8-15-4-16(10-20)11-21(23)9-15)24-12-17-5-18(13-24)7-19(6-17)14-24/h15-23H,2-14H2,1H3. The molecule has 0 aromatic heterocycles. The van der Waals surface area contributed by atoms with Crippen LogP contribution in [0.15, 0.2) is 0 Å². The quantitative estimate of drug-likeness (QED) is 0.540. The molecule has 8 saturated carbocycles. The van der Waals surface area contributed by atoms with Gasteiger partial charge in [-0.2, -0.15) is 0 Å². The first-order chi connectivity index (χ1) is 11.7. The Bertz CT molecular complexity index is 439. The lowest BCUT2D eigenvalue weighted by atomic mass is 9.40. The fraction of sp³-hybridized carbons (Fsp3) is 1.00. The van der Waals surface area contributed by atoms with Gasteiger partial charge >= 0.3 is 0 Å². The van der Waals surface area contributed by atoms with E-state index in [9.17, 15) is 0 Å². The minimum Gasteiger partial charge on any atom is -0.0654 e. The topological polar surface area (TPSA) is 0 Å². The lowest BCUT2D eigenvalue weighted by Crippen LogP contribution is -2.56. The van der Waals surface area contributed by atoms with Gasteiger partial charge in [0.25, 0.3) is 0 Å². The summed E-state index contributed by atoms with van der Waals surface area (Å²) in [5.74, 6) is 10.4. The van der Waals surface area contributed by atoms with Gasteiger partial charge in [0.15, 0.2) is 0 Å². The van der Waals surface area contributed by atoms with E-state index in [1.165, 1.54) is 6.42 Å². The van der Waals surface area contributed by atoms with Crippen molar-refractivity contribution in [3.05, 3.63) is 0 Å². The summed E-state index contributed by atoms with van der Waals surface area (Å²) >= 11 is 0. The molecule has 8 bridgehead atoms. The first-order valence-electron chi connectivity index (χ1n) is 11.7. The smallest absolute Gasteiger partial charge is 0.0258 e. The zero-order valence-corrected chi connectivity index (χ0v) is 15.9. The van der Waals surface area contributed by atoms with E-state index in [4.69, 9.17) is 0 Å². The zero-order chi connectivity index (χ0) is 15.9. The van der Waals surface area contributed by atoms with Gasteiger partial charge in [-0.1, -0.05) is 13.3 Å². The molecule has 0 N–H and O–H groups in total. The molecule has 8 aliphatic carbocycles. The van der Waals surface area contributed by atoms with Crippen LogP contribution >= 0.6 is 0 Å². The molecule has 8 fully saturated rings. The van der Waals surface area contributed by atoms with Gasteiger partial charge in [0.2, 0.25) is 0 Å². The van der Waals surface area contributed by atoms with Crippen LogP contribution in [0, 0.1) is 58.7 Å². The molecule has 0 aromatic rings. The maximum Gasteiger partial charge on any atom is -0.0258 e. The van der Waals surface area contributed by atoms with Gasteiger partial charge in [-0.15, -0.1) is 0 Å². The first kappa shape index (κ1) is 15.1. The van der Waals surface area contributed by atoms with E-state index >= 15 is 0 Å². The van der Waals surface area contributed by atoms with Crippen LogP contribution in [0.2, 0.25) is 0 Å². The Kier molecular flexibility index (Phi) is 3.31. The molecule has 24 heavy (non-hydrogen) atoms. The second-order valence-electron chi connectivity index (χ2n) is 11.7. The molecule has 0 amide bonds. The number of rotatable bonds is 4. The first-order valence-corrected chi connectivity index (χ1v) is 11.7. The highest BCUT2D eigenvalue weighted by molar-refractivity contribution is 5.09. The van der Waals surface area contributed by atoms with Crippen LogP contribution in [0.25, 0.3) is 0 Å². The van der Waals surface area contributed by atoms with Gasteiger partial charge in [0.1, 0.15) is 0 Å². The van der Waals surface area contributed by atoms with Crippen molar-refractivity contribution in [2.45, 2.75) is 90.4 Å². The third kappa shape index (κ3) is 2.10.